The molecule has 0 unspecified atom stereocenters. The van der Waals surface area contributed by atoms with Crippen LogP contribution in [0.25, 0.3) is 0 Å². The zero-order valence-corrected chi connectivity index (χ0v) is 8.99. The summed E-state index contributed by atoms with van der Waals surface area (Å²) < 4.78 is 0.846. The molecule has 0 aliphatic heterocycles. The minimum Gasteiger partial charge on any atom is -0.360 e. The fraction of sp³-hybridized carbons (Fsp3) is 0.714. The van der Waals surface area contributed by atoms with Gasteiger partial charge in [-0.1, -0.05) is 17.8 Å². The van der Waals surface area contributed by atoms with Gasteiger partial charge in [-0.05, 0) is 34.7 Å². The van der Waals surface area contributed by atoms with Gasteiger partial charge in [0.2, 0.25) is 5.13 Å². The summed E-state index contributed by atoms with van der Waals surface area (Å²) in [5.41, 5.74) is 0. The standard InChI is InChI=1S/C7H10BrN3S/c8-6-10-11-7(12-6)9-4-5-2-1-3-5/h5H,1-4H2,(H,9,11). The average molecular weight is 248 g/mol. The van der Waals surface area contributed by atoms with Gasteiger partial charge in [-0.3, -0.25) is 0 Å². The average Bonchev–Trinajstić information content (AvgIpc) is 2.32. The van der Waals surface area contributed by atoms with Crippen molar-refractivity contribution in [2.45, 2.75) is 19.3 Å². The summed E-state index contributed by atoms with van der Waals surface area (Å²) in [6, 6.07) is 0. The van der Waals surface area contributed by atoms with Gasteiger partial charge < -0.3 is 5.32 Å². The molecule has 0 atom stereocenters. The number of nitrogens with one attached hydrogen (secondary N) is 1. The Labute approximate surface area is 83.7 Å². The number of aromatic nitrogens is 2. The predicted molar refractivity (Wildman–Crippen MR) is 53.4 cm³/mol. The first-order valence-corrected chi connectivity index (χ1v) is 5.68. The van der Waals surface area contributed by atoms with Crippen LogP contribution in [-0.4, -0.2) is 16.7 Å². The predicted octanol–water partition coefficient (Wildman–Crippen LogP) is 2.51. The highest BCUT2D eigenvalue weighted by Crippen LogP contribution is 2.27. The van der Waals surface area contributed by atoms with E-state index in [0.29, 0.717) is 0 Å². The van der Waals surface area contributed by atoms with E-state index in [2.05, 4.69) is 31.4 Å². The van der Waals surface area contributed by atoms with Gasteiger partial charge >= 0.3 is 0 Å². The Bertz CT molecular complexity index is 259. The van der Waals surface area contributed by atoms with Crippen molar-refractivity contribution in [3.63, 3.8) is 0 Å². The zero-order valence-electron chi connectivity index (χ0n) is 6.59. The first kappa shape index (κ1) is 8.44. The first-order valence-electron chi connectivity index (χ1n) is 4.07. The van der Waals surface area contributed by atoms with E-state index >= 15 is 0 Å². The number of rotatable bonds is 3. The second-order valence-corrected chi connectivity index (χ2v) is 5.29. The molecule has 1 aliphatic carbocycles. The Morgan fingerprint density at radius 3 is 2.83 bits per heavy atom. The van der Waals surface area contributed by atoms with Crippen LogP contribution in [0.2, 0.25) is 0 Å². The Morgan fingerprint density at radius 1 is 1.50 bits per heavy atom. The molecule has 66 valence electrons. The van der Waals surface area contributed by atoms with Crippen molar-refractivity contribution in [3.8, 4) is 0 Å². The van der Waals surface area contributed by atoms with Crippen molar-refractivity contribution in [1.82, 2.24) is 10.2 Å². The maximum absolute atomic E-state index is 3.96. The fourth-order valence-electron chi connectivity index (χ4n) is 1.21. The molecular weight excluding hydrogens is 238 g/mol. The van der Waals surface area contributed by atoms with Gasteiger partial charge in [-0.2, -0.15) is 0 Å². The lowest BCUT2D eigenvalue weighted by Crippen LogP contribution is -2.20. The fourth-order valence-corrected chi connectivity index (χ4v) is 2.22. The number of hydrogen-bond acceptors (Lipinski definition) is 4. The van der Waals surface area contributed by atoms with Gasteiger partial charge in [0.15, 0.2) is 3.92 Å². The third-order valence-corrected chi connectivity index (χ3v) is 3.48. The third kappa shape index (κ3) is 1.95. The third-order valence-electron chi connectivity index (χ3n) is 2.17. The van der Waals surface area contributed by atoms with Crippen LogP contribution in [0.1, 0.15) is 19.3 Å². The lowest BCUT2D eigenvalue weighted by molar-refractivity contribution is 0.333. The number of nitrogens with zero attached hydrogens (tertiary/aromatic N) is 2. The molecule has 0 radical (unpaired) electrons. The van der Waals surface area contributed by atoms with Crippen molar-refractivity contribution >= 4 is 32.4 Å². The van der Waals surface area contributed by atoms with Crippen molar-refractivity contribution < 1.29 is 0 Å². The molecule has 0 aromatic carbocycles. The van der Waals surface area contributed by atoms with Crippen molar-refractivity contribution in [2.24, 2.45) is 5.92 Å². The summed E-state index contributed by atoms with van der Waals surface area (Å²) in [7, 11) is 0. The highest BCUT2D eigenvalue weighted by atomic mass is 79.9. The molecule has 0 amide bonds. The molecule has 1 fully saturated rings. The molecule has 12 heavy (non-hydrogen) atoms. The number of anilines is 1. The maximum Gasteiger partial charge on any atom is 0.206 e. The molecule has 3 nitrogen and oxygen atoms in total. The number of halogens is 1. The summed E-state index contributed by atoms with van der Waals surface area (Å²) in [5, 5.41) is 12.0. The maximum atomic E-state index is 3.96. The molecule has 1 saturated carbocycles. The van der Waals surface area contributed by atoms with Gasteiger partial charge in [-0.15, -0.1) is 10.2 Å². The Kier molecular flexibility index (Phi) is 2.60. The summed E-state index contributed by atoms with van der Waals surface area (Å²) in [6.07, 6.45) is 4.13. The normalized spacial score (nSPS) is 17.4. The lowest BCUT2D eigenvalue weighted by Gasteiger charge is -2.24. The lowest BCUT2D eigenvalue weighted by atomic mass is 9.86. The monoisotopic (exact) mass is 247 g/mol. The Hall–Kier alpha value is -0.160. The van der Waals surface area contributed by atoms with E-state index in [1.807, 2.05) is 0 Å². The molecule has 0 saturated heterocycles. The molecular formula is C7H10BrN3S. The molecule has 1 aliphatic rings. The van der Waals surface area contributed by atoms with Crippen molar-refractivity contribution in [3.05, 3.63) is 3.92 Å². The van der Waals surface area contributed by atoms with Gasteiger partial charge in [0.25, 0.3) is 0 Å². The quantitative estimate of drug-likeness (QED) is 0.893. The minimum atomic E-state index is 0.846. The van der Waals surface area contributed by atoms with Crippen LogP contribution < -0.4 is 5.32 Å². The van der Waals surface area contributed by atoms with Crippen LogP contribution >= 0.6 is 27.3 Å². The summed E-state index contributed by atoms with van der Waals surface area (Å²) >= 11 is 4.82. The Morgan fingerprint density at radius 2 is 2.33 bits per heavy atom. The van der Waals surface area contributed by atoms with Gasteiger partial charge in [0.05, 0.1) is 0 Å². The van der Waals surface area contributed by atoms with Gasteiger partial charge in [-0.25, -0.2) is 0 Å². The van der Waals surface area contributed by atoms with Crippen LogP contribution in [0, 0.1) is 5.92 Å². The highest BCUT2D eigenvalue weighted by molar-refractivity contribution is 9.11. The molecule has 2 rings (SSSR count). The van der Waals surface area contributed by atoms with Crippen molar-refractivity contribution in [1.29, 1.82) is 0 Å². The van der Waals surface area contributed by atoms with E-state index < -0.39 is 0 Å². The van der Waals surface area contributed by atoms with Crippen LogP contribution in [0.5, 0.6) is 0 Å². The molecule has 5 heteroatoms. The summed E-state index contributed by atoms with van der Waals surface area (Å²) in [4.78, 5) is 0. The van der Waals surface area contributed by atoms with Gasteiger partial charge in [0, 0.05) is 6.54 Å². The highest BCUT2D eigenvalue weighted by Gasteiger charge is 2.17. The van der Waals surface area contributed by atoms with E-state index in [-0.39, 0.29) is 0 Å². The second kappa shape index (κ2) is 3.70. The first-order chi connectivity index (χ1) is 5.84. The molecule has 1 N–H and O–H groups in total. The van der Waals surface area contributed by atoms with E-state index in [1.54, 1.807) is 11.3 Å². The van der Waals surface area contributed by atoms with Crippen LogP contribution in [0.3, 0.4) is 0 Å². The largest absolute Gasteiger partial charge is 0.360 e. The minimum absolute atomic E-state index is 0.846. The summed E-state index contributed by atoms with van der Waals surface area (Å²) in [6.45, 7) is 1.06. The molecule has 0 bridgehead atoms. The smallest absolute Gasteiger partial charge is 0.206 e. The van der Waals surface area contributed by atoms with Crippen LogP contribution in [0.15, 0.2) is 3.92 Å². The topological polar surface area (TPSA) is 37.8 Å². The van der Waals surface area contributed by atoms with E-state index in [0.717, 1.165) is 21.5 Å². The Balaban J connectivity index is 1.79. The number of hydrogen-bond donors (Lipinski definition) is 1. The summed E-state index contributed by atoms with van der Waals surface area (Å²) in [5.74, 6) is 0.868. The zero-order chi connectivity index (χ0) is 8.39. The molecule has 1 heterocycles. The van der Waals surface area contributed by atoms with Crippen molar-refractivity contribution in [2.75, 3.05) is 11.9 Å². The van der Waals surface area contributed by atoms with Gasteiger partial charge in [0.1, 0.15) is 0 Å². The van der Waals surface area contributed by atoms with E-state index in [4.69, 9.17) is 0 Å². The molecule has 1 aromatic heterocycles. The SMILES string of the molecule is Brc1nnc(NCC2CCC2)s1. The second-order valence-electron chi connectivity index (χ2n) is 3.04. The van der Waals surface area contributed by atoms with Crippen LogP contribution in [-0.2, 0) is 0 Å². The van der Waals surface area contributed by atoms with E-state index in [9.17, 15) is 0 Å². The molecule has 1 aromatic rings. The van der Waals surface area contributed by atoms with Crippen LogP contribution in [0.4, 0.5) is 5.13 Å². The molecule has 0 spiro atoms. The van der Waals surface area contributed by atoms with E-state index in [1.165, 1.54) is 19.3 Å².